The number of hydrogen-bond acceptors (Lipinski definition) is 5. The minimum atomic E-state index is -0.933. The molecule has 21 heavy (non-hydrogen) atoms. The van der Waals surface area contributed by atoms with E-state index in [1.807, 2.05) is 4.90 Å². The Labute approximate surface area is 122 Å². The number of hydrogen-bond donors (Lipinski definition) is 2. The van der Waals surface area contributed by atoms with Crippen molar-refractivity contribution < 1.29 is 24.5 Å². The van der Waals surface area contributed by atoms with E-state index in [9.17, 15) is 19.8 Å². The Morgan fingerprint density at radius 2 is 1.81 bits per heavy atom. The van der Waals surface area contributed by atoms with Crippen LogP contribution in [0.3, 0.4) is 0 Å². The summed E-state index contributed by atoms with van der Waals surface area (Å²) in [6.45, 7) is 1.05. The second-order valence-electron chi connectivity index (χ2n) is 5.17. The molecule has 1 aliphatic heterocycles. The van der Waals surface area contributed by atoms with Crippen molar-refractivity contribution >= 4 is 11.9 Å². The number of esters is 1. The van der Waals surface area contributed by atoms with Crippen LogP contribution < -0.4 is 0 Å². The number of aliphatic carboxylic acids is 1. The zero-order valence-electron chi connectivity index (χ0n) is 11.9. The van der Waals surface area contributed by atoms with Crippen LogP contribution in [-0.2, 0) is 14.3 Å². The topological polar surface area (TPSA) is 87.1 Å². The molecular weight excluding hydrogens is 274 g/mol. The zero-order valence-corrected chi connectivity index (χ0v) is 11.9. The third-order valence-electron chi connectivity index (χ3n) is 3.87. The molecule has 0 saturated carbocycles. The first-order valence-corrected chi connectivity index (χ1v) is 6.86. The third-order valence-corrected chi connectivity index (χ3v) is 3.87. The molecule has 0 bridgehead atoms. The Balaban J connectivity index is 2.09. The summed E-state index contributed by atoms with van der Waals surface area (Å²) in [5, 5.41) is 18.8. The average molecular weight is 293 g/mol. The van der Waals surface area contributed by atoms with Crippen molar-refractivity contribution in [3.63, 3.8) is 0 Å². The quantitative estimate of drug-likeness (QED) is 0.816. The van der Waals surface area contributed by atoms with Gasteiger partial charge in [0.25, 0.3) is 0 Å². The number of phenolic OH excluding ortho intramolecular Hbond substituents is 1. The molecule has 6 heteroatoms. The summed E-state index contributed by atoms with van der Waals surface area (Å²) in [4.78, 5) is 24.9. The lowest BCUT2D eigenvalue weighted by atomic mass is 9.94. The van der Waals surface area contributed by atoms with E-state index in [0.717, 1.165) is 0 Å². The van der Waals surface area contributed by atoms with Crippen molar-refractivity contribution in [1.29, 1.82) is 0 Å². The summed E-state index contributed by atoms with van der Waals surface area (Å²) in [7, 11) is 1.37. The minimum absolute atomic E-state index is 0.104. The first-order chi connectivity index (χ1) is 10.0. The van der Waals surface area contributed by atoms with Gasteiger partial charge in [0.05, 0.1) is 13.0 Å². The standard InChI is InChI=1S/C15H19NO5/c1-21-15(20)11-6-8-16(9-7-11)13(14(18)19)10-2-4-12(17)5-3-10/h2-5,11,13,17H,6-9H2,1H3,(H,18,19). The fourth-order valence-corrected chi connectivity index (χ4v) is 2.73. The lowest BCUT2D eigenvalue weighted by Crippen LogP contribution is -2.41. The van der Waals surface area contributed by atoms with Gasteiger partial charge in [-0.3, -0.25) is 14.5 Å². The second-order valence-corrected chi connectivity index (χ2v) is 5.17. The maximum Gasteiger partial charge on any atom is 0.325 e. The fraction of sp³-hybridized carbons (Fsp3) is 0.467. The van der Waals surface area contributed by atoms with Gasteiger partial charge in [0.2, 0.25) is 0 Å². The zero-order chi connectivity index (χ0) is 15.4. The number of carboxylic acids is 1. The first-order valence-electron chi connectivity index (χ1n) is 6.86. The predicted molar refractivity (Wildman–Crippen MR) is 74.8 cm³/mol. The van der Waals surface area contributed by atoms with Crippen LogP contribution in [-0.4, -0.2) is 47.3 Å². The molecule has 114 valence electrons. The summed E-state index contributed by atoms with van der Waals surface area (Å²) >= 11 is 0. The van der Waals surface area contributed by atoms with Crippen LogP contribution in [0.4, 0.5) is 0 Å². The molecule has 1 unspecified atom stereocenters. The van der Waals surface area contributed by atoms with E-state index in [1.165, 1.54) is 19.2 Å². The number of piperidine rings is 1. The molecule has 0 radical (unpaired) electrons. The van der Waals surface area contributed by atoms with Gasteiger partial charge in [-0.2, -0.15) is 0 Å². The van der Waals surface area contributed by atoms with Crippen molar-refractivity contribution in [2.24, 2.45) is 5.92 Å². The summed E-state index contributed by atoms with van der Waals surface area (Å²) in [6, 6.07) is 5.42. The molecule has 1 fully saturated rings. The Bertz CT molecular complexity index is 505. The number of ether oxygens (including phenoxy) is 1. The molecule has 6 nitrogen and oxygen atoms in total. The highest BCUT2D eigenvalue weighted by molar-refractivity contribution is 5.76. The molecule has 2 rings (SSSR count). The van der Waals surface area contributed by atoms with Gasteiger partial charge >= 0.3 is 11.9 Å². The molecule has 1 atom stereocenters. The predicted octanol–water partition coefficient (Wildman–Crippen LogP) is 1.40. The summed E-state index contributed by atoms with van der Waals surface area (Å²) in [5.41, 5.74) is 0.622. The van der Waals surface area contributed by atoms with E-state index < -0.39 is 12.0 Å². The fourth-order valence-electron chi connectivity index (χ4n) is 2.73. The van der Waals surface area contributed by atoms with Gasteiger partial charge in [0.1, 0.15) is 11.8 Å². The number of phenols is 1. The van der Waals surface area contributed by atoms with Crippen LogP contribution in [0.25, 0.3) is 0 Å². The molecule has 0 aromatic heterocycles. The number of nitrogens with zero attached hydrogens (tertiary/aromatic N) is 1. The molecule has 1 heterocycles. The molecule has 0 spiro atoms. The van der Waals surface area contributed by atoms with Gasteiger partial charge in [0, 0.05) is 13.1 Å². The summed E-state index contributed by atoms with van der Waals surface area (Å²) < 4.78 is 4.73. The molecule has 2 N–H and O–H groups in total. The van der Waals surface area contributed by atoms with E-state index in [1.54, 1.807) is 12.1 Å². The van der Waals surface area contributed by atoms with E-state index >= 15 is 0 Å². The maximum absolute atomic E-state index is 11.6. The number of aromatic hydroxyl groups is 1. The first kappa shape index (κ1) is 15.3. The van der Waals surface area contributed by atoms with Gasteiger partial charge in [-0.15, -0.1) is 0 Å². The van der Waals surface area contributed by atoms with Crippen LogP contribution >= 0.6 is 0 Å². The highest BCUT2D eigenvalue weighted by Gasteiger charge is 2.33. The van der Waals surface area contributed by atoms with Gasteiger partial charge in [-0.05, 0) is 30.5 Å². The van der Waals surface area contributed by atoms with Crippen molar-refractivity contribution in [1.82, 2.24) is 4.90 Å². The van der Waals surface area contributed by atoms with Gasteiger partial charge in [0.15, 0.2) is 0 Å². The van der Waals surface area contributed by atoms with Gasteiger partial charge in [-0.1, -0.05) is 12.1 Å². The van der Waals surface area contributed by atoms with Crippen molar-refractivity contribution in [3.05, 3.63) is 29.8 Å². The number of carbonyl (C=O) groups is 2. The monoisotopic (exact) mass is 293 g/mol. The van der Waals surface area contributed by atoms with Crippen LogP contribution in [0.5, 0.6) is 5.75 Å². The lowest BCUT2D eigenvalue weighted by molar-refractivity contribution is -0.148. The molecule has 1 aromatic rings. The Morgan fingerprint density at radius 1 is 1.24 bits per heavy atom. The highest BCUT2D eigenvalue weighted by atomic mass is 16.5. The van der Waals surface area contributed by atoms with Crippen molar-refractivity contribution in [2.75, 3.05) is 20.2 Å². The Hall–Kier alpha value is -2.08. The summed E-state index contributed by atoms with van der Waals surface area (Å²) in [6.07, 6.45) is 1.18. The van der Waals surface area contributed by atoms with Crippen molar-refractivity contribution in [3.8, 4) is 5.75 Å². The number of carboxylic acid groups (broad SMARTS) is 1. The lowest BCUT2D eigenvalue weighted by Gasteiger charge is -2.34. The SMILES string of the molecule is COC(=O)C1CCN(C(C(=O)O)c2ccc(O)cc2)CC1. The highest BCUT2D eigenvalue weighted by Crippen LogP contribution is 2.28. The number of methoxy groups -OCH3 is 1. The normalized spacial score (nSPS) is 18.1. The maximum atomic E-state index is 11.6. The number of rotatable bonds is 4. The molecule has 1 aromatic carbocycles. The van der Waals surface area contributed by atoms with E-state index in [2.05, 4.69) is 0 Å². The van der Waals surface area contributed by atoms with Crippen LogP contribution in [0.15, 0.2) is 24.3 Å². The van der Waals surface area contributed by atoms with E-state index in [-0.39, 0.29) is 17.6 Å². The number of carbonyl (C=O) groups excluding carboxylic acids is 1. The van der Waals surface area contributed by atoms with Crippen LogP contribution in [0.2, 0.25) is 0 Å². The number of benzene rings is 1. The Kier molecular flexibility index (Phi) is 4.80. The molecular formula is C15H19NO5. The molecule has 1 aliphatic rings. The third kappa shape index (κ3) is 3.52. The largest absolute Gasteiger partial charge is 0.508 e. The molecule has 1 saturated heterocycles. The van der Waals surface area contributed by atoms with E-state index in [4.69, 9.17) is 4.74 Å². The minimum Gasteiger partial charge on any atom is -0.508 e. The summed E-state index contributed by atoms with van der Waals surface area (Å²) in [5.74, 6) is -1.21. The second kappa shape index (κ2) is 6.58. The van der Waals surface area contributed by atoms with Gasteiger partial charge < -0.3 is 14.9 Å². The van der Waals surface area contributed by atoms with Crippen molar-refractivity contribution in [2.45, 2.75) is 18.9 Å². The molecule has 0 amide bonds. The average Bonchev–Trinajstić information content (AvgIpc) is 2.49. The molecule has 0 aliphatic carbocycles. The van der Waals surface area contributed by atoms with Crippen LogP contribution in [0.1, 0.15) is 24.4 Å². The van der Waals surface area contributed by atoms with E-state index in [0.29, 0.717) is 31.5 Å². The Morgan fingerprint density at radius 3 is 2.29 bits per heavy atom. The smallest absolute Gasteiger partial charge is 0.325 e. The number of likely N-dealkylation sites (tertiary alicyclic amines) is 1. The van der Waals surface area contributed by atoms with Gasteiger partial charge in [-0.25, -0.2) is 0 Å². The van der Waals surface area contributed by atoms with Crippen LogP contribution in [0, 0.1) is 5.92 Å².